The van der Waals surface area contributed by atoms with Gasteiger partial charge in [0.2, 0.25) is 0 Å². The highest BCUT2D eigenvalue weighted by molar-refractivity contribution is 8.00. The van der Waals surface area contributed by atoms with Gasteiger partial charge in [-0.3, -0.25) is 4.21 Å². The van der Waals surface area contributed by atoms with Gasteiger partial charge in [-0.25, -0.2) is 0 Å². The number of rotatable bonds is 2. The number of thioether (sulfide) groups is 1. The monoisotopic (exact) mass is 233 g/mol. The first-order valence-electron chi connectivity index (χ1n) is 5.46. The number of hydrogen-bond donors (Lipinski definition) is 1. The van der Waals surface area contributed by atoms with Gasteiger partial charge in [-0.2, -0.15) is 11.8 Å². The van der Waals surface area contributed by atoms with Crippen LogP contribution in [0, 0.1) is 0 Å². The predicted molar refractivity (Wildman–Crippen MR) is 64.4 cm³/mol. The van der Waals surface area contributed by atoms with Crippen LogP contribution in [0.4, 0.5) is 0 Å². The summed E-state index contributed by atoms with van der Waals surface area (Å²) in [7, 11) is -0.516. The molecule has 2 atom stereocenters. The minimum atomic E-state index is -0.516. The molecule has 1 N–H and O–H groups in total. The Bertz CT molecular complexity index is 212. The summed E-state index contributed by atoms with van der Waals surface area (Å²) in [6.07, 6.45) is 3.54. The summed E-state index contributed by atoms with van der Waals surface area (Å²) in [6, 6.07) is 1.36. The lowest BCUT2D eigenvalue weighted by Crippen LogP contribution is -2.42. The molecule has 0 bridgehead atoms. The molecule has 0 amide bonds. The summed E-state index contributed by atoms with van der Waals surface area (Å²) in [5.74, 6) is 3.08. The molecule has 0 spiro atoms. The van der Waals surface area contributed by atoms with Crippen LogP contribution < -0.4 is 5.32 Å². The van der Waals surface area contributed by atoms with Gasteiger partial charge in [0.1, 0.15) is 0 Å². The van der Waals surface area contributed by atoms with E-state index in [4.69, 9.17) is 0 Å². The lowest BCUT2D eigenvalue weighted by atomic mass is 10.1. The van der Waals surface area contributed by atoms with Gasteiger partial charge in [0, 0.05) is 45.4 Å². The van der Waals surface area contributed by atoms with E-state index in [9.17, 15) is 4.21 Å². The third-order valence-electron chi connectivity index (χ3n) is 3.06. The molecule has 2 rings (SSSR count). The SMILES string of the molecule is CC1CC(NC2CCS(=O)CC2)CS1. The molecule has 4 heteroatoms. The molecule has 2 aliphatic rings. The normalized spacial score (nSPS) is 44.1. The largest absolute Gasteiger partial charge is 0.310 e. The van der Waals surface area contributed by atoms with Crippen molar-refractivity contribution in [1.82, 2.24) is 5.32 Å². The van der Waals surface area contributed by atoms with Crippen LogP contribution in [0.25, 0.3) is 0 Å². The van der Waals surface area contributed by atoms with Gasteiger partial charge in [0.15, 0.2) is 0 Å². The maximum atomic E-state index is 11.2. The third kappa shape index (κ3) is 2.97. The smallest absolute Gasteiger partial charge is 0.0249 e. The molecule has 2 fully saturated rings. The molecule has 0 aromatic rings. The van der Waals surface area contributed by atoms with Crippen molar-refractivity contribution < 1.29 is 4.21 Å². The van der Waals surface area contributed by atoms with E-state index in [0.29, 0.717) is 12.1 Å². The van der Waals surface area contributed by atoms with Gasteiger partial charge in [-0.1, -0.05) is 6.92 Å². The number of hydrogen-bond acceptors (Lipinski definition) is 3. The molecule has 14 heavy (non-hydrogen) atoms. The van der Waals surface area contributed by atoms with Crippen molar-refractivity contribution in [1.29, 1.82) is 0 Å². The maximum absolute atomic E-state index is 11.2. The Balaban J connectivity index is 1.72. The second-order valence-electron chi connectivity index (χ2n) is 4.37. The van der Waals surface area contributed by atoms with Crippen molar-refractivity contribution in [2.24, 2.45) is 0 Å². The van der Waals surface area contributed by atoms with Crippen LogP contribution in [0.15, 0.2) is 0 Å². The Morgan fingerprint density at radius 1 is 1.29 bits per heavy atom. The van der Waals surface area contributed by atoms with Crippen molar-refractivity contribution in [3.63, 3.8) is 0 Å². The van der Waals surface area contributed by atoms with E-state index in [1.54, 1.807) is 0 Å². The van der Waals surface area contributed by atoms with Crippen molar-refractivity contribution >= 4 is 22.6 Å². The number of nitrogens with one attached hydrogen (secondary N) is 1. The Morgan fingerprint density at radius 2 is 2.00 bits per heavy atom. The highest BCUT2D eigenvalue weighted by atomic mass is 32.2. The summed E-state index contributed by atoms with van der Waals surface area (Å²) < 4.78 is 11.2. The molecule has 2 nitrogen and oxygen atoms in total. The van der Waals surface area contributed by atoms with E-state index in [1.165, 1.54) is 12.2 Å². The van der Waals surface area contributed by atoms with Crippen molar-refractivity contribution in [3.8, 4) is 0 Å². The molecule has 0 radical (unpaired) electrons. The fraction of sp³-hybridized carbons (Fsp3) is 1.00. The van der Waals surface area contributed by atoms with E-state index >= 15 is 0 Å². The summed E-state index contributed by atoms with van der Waals surface area (Å²) in [5, 5.41) is 4.54. The first-order valence-corrected chi connectivity index (χ1v) is 8.00. The minimum absolute atomic E-state index is 0.516. The first kappa shape index (κ1) is 11.0. The van der Waals surface area contributed by atoms with Crippen LogP contribution >= 0.6 is 11.8 Å². The molecule has 0 aliphatic carbocycles. The minimum Gasteiger partial charge on any atom is -0.310 e. The van der Waals surface area contributed by atoms with Gasteiger partial charge >= 0.3 is 0 Å². The van der Waals surface area contributed by atoms with Gasteiger partial charge in [0.25, 0.3) is 0 Å². The second-order valence-corrected chi connectivity index (χ2v) is 7.53. The quantitative estimate of drug-likeness (QED) is 0.781. The van der Waals surface area contributed by atoms with Crippen molar-refractivity contribution in [2.45, 2.75) is 43.5 Å². The van der Waals surface area contributed by atoms with Crippen LogP contribution in [0.2, 0.25) is 0 Å². The highest BCUT2D eigenvalue weighted by Gasteiger charge is 2.25. The average molecular weight is 233 g/mol. The molecule has 2 aliphatic heterocycles. The average Bonchev–Trinajstić information content (AvgIpc) is 2.56. The Labute approximate surface area is 93.1 Å². The van der Waals surface area contributed by atoms with E-state index in [1.807, 2.05) is 0 Å². The Morgan fingerprint density at radius 3 is 2.57 bits per heavy atom. The fourth-order valence-corrected chi connectivity index (χ4v) is 4.69. The lowest BCUT2D eigenvalue weighted by Gasteiger charge is -2.25. The summed E-state index contributed by atoms with van der Waals surface area (Å²) >= 11 is 2.07. The molecule has 82 valence electrons. The molecule has 0 aromatic heterocycles. The Kier molecular flexibility index (Phi) is 3.91. The zero-order valence-electron chi connectivity index (χ0n) is 8.70. The summed E-state index contributed by atoms with van der Waals surface area (Å²) in [5.41, 5.74) is 0. The molecule has 0 aromatic carbocycles. The van der Waals surface area contributed by atoms with Gasteiger partial charge < -0.3 is 5.32 Å². The second kappa shape index (κ2) is 4.99. The molecule has 2 saturated heterocycles. The zero-order chi connectivity index (χ0) is 9.97. The van der Waals surface area contributed by atoms with E-state index in [0.717, 1.165) is 29.6 Å². The van der Waals surface area contributed by atoms with E-state index in [-0.39, 0.29) is 0 Å². The highest BCUT2D eigenvalue weighted by Crippen LogP contribution is 2.26. The van der Waals surface area contributed by atoms with Crippen LogP contribution in [0.5, 0.6) is 0 Å². The third-order valence-corrected chi connectivity index (χ3v) is 5.80. The van der Waals surface area contributed by atoms with Crippen LogP contribution in [0.1, 0.15) is 26.2 Å². The summed E-state index contributed by atoms with van der Waals surface area (Å²) in [4.78, 5) is 0. The maximum Gasteiger partial charge on any atom is 0.0249 e. The Hall–Kier alpha value is 0.460. The first-order chi connectivity index (χ1) is 6.74. The lowest BCUT2D eigenvalue weighted by molar-refractivity contribution is 0.416. The van der Waals surface area contributed by atoms with Crippen molar-refractivity contribution in [3.05, 3.63) is 0 Å². The van der Waals surface area contributed by atoms with Gasteiger partial charge in [-0.05, 0) is 19.3 Å². The summed E-state index contributed by atoms with van der Waals surface area (Å²) in [6.45, 7) is 2.31. The van der Waals surface area contributed by atoms with E-state index in [2.05, 4.69) is 24.0 Å². The fourth-order valence-electron chi connectivity index (χ4n) is 2.23. The molecule has 0 saturated carbocycles. The standard InChI is InChI=1S/C10H19NOS2/c1-8-6-10(7-13-8)11-9-2-4-14(12)5-3-9/h8-11H,2-7H2,1H3. The van der Waals surface area contributed by atoms with Gasteiger partial charge in [0.05, 0.1) is 0 Å². The molecule has 2 unspecified atom stereocenters. The van der Waals surface area contributed by atoms with Crippen LogP contribution in [-0.4, -0.2) is 38.8 Å². The van der Waals surface area contributed by atoms with Gasteiger partial charge in [-0.15, -0.1) is 0 Å². The van der Waals surface area contributed by atoms with Crippen LogP contribution in [-0.2, 0) is 10.8 Å². The topological polar surface area (TPSA) is 29.1 Å². The molecular formula is C10H19NOS2. The molecular weight excluding hydrogens is 214 g/mol. The van der Waals surface area contributed by atoms with E-state index < -0.39 is 10.8 Å². The molecule has 2 heterocycles. The van der Waals surface area contributed by atoms with Crippen LogP contribution in [0.3, 0.4) is 0 Å². The predicted octanol–water partition coefficient (Wildman–Crippen LogP) is 1.38. The van der Waals surface area contributed by atoms with Crippen molar-refractivity contribution in [2.75, 3.05) is 17.3 Å². The zero-order valence-corrected chi connectivity index (χ0v) is 10.3.